The van der Waals surface area contributed by atoms with E-state index in [1.165, 1.54) is 10.4 Å². The Labute approximate surface area is 117 Å². The monoisotopic (exact) mass is 271 g/mol. The maximum atomic E-state index is 5.99. The van der Waals surface area contributed by atoms with Gasteiger partial charge in [-0.25, -0.2) is 0 Å². The van der Waals surface area contributed by atoms with Gasteiger partial charge in [0.15, 0.2) is 0 Å². The molecule has 2 aromatic heterocycles. The van der Waals surface area contributed by atoms with Crippen LogP contribution in [0.2, 0.25) is 0 Å². The van der Waals surface area contributed by atoms with Gasteiger partial charge in [-0.3, -0.25) is 0 Å². The van der Waals surface area contributed by atoms with E-state index in [9.17, 15) is 0 Å². The number of aryl methyl sites for hydroxylation is 1. The highest BCUT2D eigenvalue weighted by molar-refractivity contribution is 7.10. The molecule has 0 aliphatic carbocycles. The molecule has 0 saturated carbocycles. The molecule has 3 aromatic rings. The molecule has 2 heterocycles. The summed E-state index contributed by atoms with van der Waals surface area (Å²) in [6.07, 6.45) is 1.05. The van der Waals surface area contributed by atoms with Crippen LogP contribution in [0, 0.1) is 0 Å². The van der Waals surface area contributed by atoms with Crippen molar-refractivity contribution in [2.75, 3.05) is 7.05 Å². The average Bonchev–Trinajstić information content (AvgIpc) is 3.05. The Kier molecular flexibility index (Phi) is 3.40. The van der Waals surface area contributed by atoms with Gasteiger partial charge in [-0.05, 0) is 42.6 Å². The molecule has 98 valence electrons. The molecule has 0 fully saturated rings. The molecule has 0 bridgehead atoms. The molecule has 1 aromatic carbocycles. The molecule has 1 unspecified atom stereocenters. The van der Waals surface area contributed by atoms with E-state index in [0.717, 1.165) is 23.2 Å². The molecule has 1 atom stereocenters. The molecule has 0 aliphatic rings. The third kappa shape index (κ3) is 2.20. The van der Waals surface area contributed by atoms with Crippen LogP contribution in [0.25, 0.3) is 11.0 Å². The van der Waals surface area contributed by atoms with Crippen LogP contribution < -0.4 is 5.32 Å². The van der Waals surface area contributed by atoms with Gasteiger partial charge in [0.05, 0.1) is 0 Å². The first-order valence-corrected chi connectivity index (χ1v) is 7.43. The summed E-state index contributed by atoms with van der Waals surface area (Å²) in [5.41, 5.74) is 2.34. The summed E-state index contributed by atoms with van der Waals surface area (Å²) in [6.45, 7) is 2.19. The summed E-state index contributed by atoms with van der Waals surface area (Å²) in [5, 5.41) is 6.69. The predicted molar refractivity (Wildman–Crippen MR) is 80.8 cm³/mol. The van der Waals surface area contributed by atoms with E-state index in [0.29, 0.717) is 0 Å². The zero-order valence-corrected chi connectivity index (χ0v) is 12.0. The lowest BCUT2D eigenvalue weighted by Crippen LogP contribution is -2.16. The summed E-state index contributed by atoms with van der Waals surface area (Å²) >= 11 is 1.79. The van der Waals surface area contributed by atoms with Crippen LogP contribution >= 0.6 is 11.3 Å². The number of thiophene rings is 1. The Balaban J connectivity index is 2.06. The first kappa shape index (κ1) is 12.5. The van der Waals surface area contributed by atoms with E-state index in [4.69, 9.17) is 4.42 Å². The van der Waals surface area contributed by atoms with E-state index >= 15 is 0 Å². The van der Waals surface area contributed by atoms with Gasteiger partial charge >= 0.3 is 0 Å². The minimum absolute atomic E-state index is 0.141. The number of para-hydroxylation sites is 1. The van der Waals surface area contributed by atoms with Gasteiger partial charge < -0.3 is 9.73 Å². The molecule has 3 heteroatoms. The van der Waals surface area contributed by atoms with Crippen molar-refractivity contribution in [2.24, 2.45) is 0 Å². The number of hydrogen-bond acceptors (Lipinski definition) is 3. The van der Waals surface area contributed by atoms with Crippen LogP contribution in [0.1, 0.15) is 29.2 Å². The maximum absolute atomic E-state index is 5.99. The van der Waals surface area contributed by atoms with E-state index in [-0.39, 0.29) is 6.04 Å². The highest BCUT2D eigenvalue weighted by atomic mass is 32.1. The standard InChI is InChI=1S/C16H17NOS/c1-3-11-8-9-19-16(11)15(17-2)14-10-12-6-4-5-7-13(12)18-14/h4-10,15,17H,3H2,1-2H3. The van der Waals surface area contributed by atoms with E-state index in [1.807, 2.05) is 25.2 Å². The van der Waals surface area contributed by atoms with Gasteiger partial charge in [-0.1, -0.05) is 25.1 Å². The first-order chi connectivity index (χ1) is 9.33. The van der Waals surface area contributed by atoms with Crippen LogP contribution in [-0.4, -0.2) is 7.05 Å². The predicted octanol–water partition coefficient (Wildman–Crippen LogP) is 4.37. The fourth-order valence-corrected chi connectivity index (χ4v) is 3.55. The molecular weight excluding hydrogens is 254 g/mol. The fraction of sp³-hybridized carbons (Fsp3) is 0.250. The normalized spacial score (nSPS) is 12.9. The number of nitrogens with one attached hydrogen (secondary N) is 1. The van der Waals surface area contributed by atoms with Gasteiger partial charge in [0.2, 0.25) is 0 Å². The number of benzene rings is 1. The zero-order chi connectivity index (χ0) is 13.2. The molecule has 0 saturated heterocycles. The Morgan fingerprint density at radius 2 is 2.11 bits per heavy atom. The number of hydrogen-bond donors (Lipinski definition) is 1. The van der Waals surface area contributed by atoms with Crippen LogP contribution in [0.5, 0.6) is 0 Å². The molecule has 19 heavy (non-hydrogen) atoms. The Bertz CT molecular complexity index is 650. The summed E-state index contributed by atoms with van der Waals surface area (Å²) < 4.78 is 5.99. The van der Waals surface area contributed by atoms with Gasteiger partial charge in [0, 0.05) is 10.3 Å². The number of rotatable bonds is 4. The zero-order valence-electron chi connectivity index (χ0n) is 11.1. The number of fused-ring (bicyclic) bond motifs is 1. The van der Waals surface area contributed by atoms with Crippen molar-refractivity contribution in [1.29, 1.82) is 0 Å². The maximum Gasteiger partial charge on any atom is 0.134 e. The van der Waals surface area contributed by atoms with Gasteiger partial charge in [0.1, 0.15) is 17.4 Å². The molecular formula is C16H17NOS. The van der Waals surface area contributed by atoms with E-state index < -0.39 is 0 Å². The number of furan rings is 1. The largest absolute Gasteiger partial charge is 0.459 e. The van der Waals surface area contributed by atoms with Crippen LogP contribution in [0.3, 0.4) is 0 Å². The van der Waals surface area contributed by atoms with Crippen molar-refractivity contribution < 1.29 is 4.42 Å². The highest BCUT2D eigenvalue weighted by Gasteiger charge is 2.20. The van der Waals surface area contributed by atoms with Gasteiger partial charge in [0.25, 0.3) is 0 Å². The second-order valence-corrected chi connectivity index (χ2v) is 5.52. The SMILES string of the molecule is CCc1ccsc1C(NC)c1cc2ccccc2o1. The van der Waals surface area contributed by atoms with Crippen LogP contribution in [0.15, 0.2) is 46.2 Å². The van der Waals surface area contributed by atoms with Crippen molar-refractivity contribution in [3.8, 4) is 0 Å². The third-order valence-electron chi connectivity index (χ3n) is 3.44. The quantitative estimate of drug-likeness (QED) is 0.762. The third-order valence-corrected chi connectivity index (χ3v) is 4.47. The highest BCUT2D eigenvalue weighted by Crippen LogP contribution is 2.33. The second-order valence-electron chi connectivity index (χ2n) is 4.57. The lowest BCUT2D eigenvalue weighted by atomic mass is 10.1. The van der Waals surface area contributed by atoms with E-state index in [1.54, 1.807) is 11.3 Å². The summed E-state index contributed by atoms with van der Waals surface area (Å²) in [4.78, 5) is 1.35. The molecule has 0 aliphatic heterocycles. The van der Waals surface area contributed by atoms with E-state index in [2.05, 4.69) is 35.8 Å². The topological polar surface area (TPSA) is 25.2 Å². The average molecular weight is 271 g/mol. The van der Waals surface area contributed by atoms with Gasteiger partial charge in [-0.15, -0.1) is 11.3 Å². The minimum Gasteiger partial charge on any atom is -0.459 e. The Morgan fingerprint density at radius 1 is 1.26 bits per heavy atom. The molecule has 1 N–H and O–H groups in total. The van der Waals surface area contributed by atoms with Crippen molar-refractivity contribution in [2.45, 2.75) is 19.4 Å². The molecule has 0 radical (unpaired) electrons. The van der Waals surface area contributed by atoms with Crippen molar-refractivity contribution in [3.05, 3.63) is 58.0 Å². The lowest BCUT2D eigenvalue weighted by molar-refractivity contribution is 0.494. The molecule has 2 nitrogen and oxygen atoms in total. The van der Waals surface area contributed by atoms with Crippen molar-refractivity contribution >= 4 is 22.3 Å². The molecule has 3 rings (SSSR count). The molecule has 0 spiro atoms. The Hall–Kier alpha value is -1.58. The summed E-state index contributed by atoms with van der Waals surface area (Å²) in [7, 11) is 1.98. The van der Waals surface area contributed by atoms with Crippen LogP contribution in [0.4, 0.5) is 0 Å². The van der Waals surface area contributed by atoms with Crippen molar-refractivity contribution in [3.63, 3.8) is 0 Å². The van der Waals surface area contributed by atoms with Crippen LogP contribution in [-0.2, 0) is 6.42 Å². The smallest absolute Gasteiger partial charge is 0.134 e. The summed E-state index contributed by atoms with van der Waals surface area (Å²) in [5.74, 6) is 0.987. The summed E-state index contributed by atoms with van der Waals surface area (Å²) in [6, 6.07) is 12.6. The lowest BCUT2D eigenvalue weighted by Gasteiger charge is -2.13. The Morgan fingerprint density at radius 3 is 2.84 bits per heavy atom. The van der Waals surface area contributed by atoms with Crippen molar-refractivity contribution in [1.82, 2.24) is 5.32 Å². The minimum atomic E-state index is 0.141. The molecule has 0 amide bonds. The first-order valence-electron chi connectivity index (χ1n) is 6.55. The van der Waals surface area contributed by atoms with Gasteiger partial charge in [-0.2, -0.15) is 0 Å². The second kappa shape index (κ2) is 5.19. The fourth-order valence-electron chi connectivity index (χ4n) is 2.44.